The maximum absolute atomic E-state index is 12.4. The smallest absolute Gasteiger partial charge is 0.229 e. The molecule has 94 valence electrons. The molecule has 1 heterocycles. The van der Waals surface area contributed by atoms with Gasteiger partial charge in [0.1, 0.15) is 0 Å². The fraction of sp³-hybridized carbons (Fsp3) is 0.917. The van der Waals surface area contributed by atoms with Gasteiger partial charge in [-0.15, -0.1) is 0 Å². The summed E-state index contributed by atoms with van der Waals surface area (Å²) in [5.41, 5.74) is 5.30. The number of carbonyl (C=O) groups excluding carboxylic acids is 1. The third kappa shape index (κ3) is 2.74. The van der Waals surface area contributed by atoms with Crippen LogP contribution in [-0.2, 0) is 9.53 Å². The lowest BCUT2D eigenvalue weighted by molar-refractivity contribution is -0.152. The van der Waals surface area contributed by atoms with E-state index in [1.165, 1.54) is 0 Å². The summed E-state index contributed by atoms with van der Waals surface area (Å²) in [7, 11) is 0. The van der Waals surface area contributed by atoms with Crippen LogP contribution >= 0.6 is 0 Å². The molecule has 3 unspecified atom stereocenters. The number of carbonyl (C=O) groups is 1. The molecule has 1 aliphatic rings. The predicted octanol–water partition coefficient (Wildman–Crippen LogP) is 0.997. The number of hydrogen-bond acceptors (Lipinski definition) is 3. The Kier molecular flexibility index (Phi) is 4.33. The van der Waals surface area contributed by atoms with Crippen LogP contribution in [0.2, 0.25) is 0 Å². The first-order chi connectivity index (χ1) is 7.42. The van der Waals surface area contributed by atoms with Crippen molar-refractivity contribution < 1.29 is 9.53 Å². The van der Waals surface area contributed by atoms with Crippen LogP contribution in [0, 0.1) is 5.41 Å². The summed E-state index contributed by atoms with van der Waals surface area (Å²) in [5, 5.41) is 0. The zero-order valence-electron chi connectivity index (χ0n) is 10.8. The number of nitrogens with zero attached hydrogens (tertiary/aromatic N) is 1. The third-order valence-corrected chi connectivity index (χ3v) is 3.45. The Morgan fingerprint density at radius 3 is 2.31 bits per heavy atom. The highest BCUT2D eigenvalue weighted by Crippen LogP contribution is 2.24. The molecule has 2 N–H and O–H groups in total. The standard InChI is InChI=1S/C12H24N2O2/c1-5-12(4,8-13)11(15)14-6-9(2)16-10(3)7-14/h9-10H,5-8,13H2,1-4H3. The second kappa shape index (κ2) is 5.15. The summed E-state index contributed by atoms with van der Waals surface area (Å²) in [5.74, 6) is 0.166. The van der Waals surface area contributed by atoms with E-state index in [4.69, 9.17) is 10.5 Å². The van der Waals surface area contributed by atoms with Crippen molar-refractivity contribution in [2.45, 2.75) is 46.3 Å². The lowest BCUT2D eigenvalue weighted by Crippen LogP contribution is -2.54. The van der Waals surface area contributed by atoms with Crippen molar-refractivity contribution in [1.29, 1.82) is 0 Å². The Morgan fingerprint density at radius 2 is 1.94 bits per heavy atom. The number of ether oxygens (including phenoxy) is 1. The van der Waals surface area contributed by atoms with Crippen molar-refractivity contribution in [2.75, 3.05) is 19.6 Å². The minimum absolute atomic E-state index is 0.117. The van der Waals surface area contributed by atoms with Gasteiger partial charge in [0.05, 0.1) is 17.6 Å². The molecule has 3 atom stereocenters. The minimum Gasteiger partial charge on any atom is -0.372 e. The van der Waals surface area contributed by atoms with Gasteiger partial charge in [0, 0.05) is 19.6 Å². The number of hydrogen-bond donors (Lipinski definition) is 1. The molecular formula is C12H24N2O2. The minimum atomic E-state index is -0.420. The summed E-state index contributed by atoms with van der Waals surface area (Å²) < 4.78 is 5.62. The van der Waals surface area contributed by atoms with Crippen LogP contribution in [0.1, 0.15) is 34.1 Å². The van der Waals surface area contributed by atoms with E-state index < -0.39 is 5.41 Å². The summed E-state index contributed by atoms with van der Waals surface area (Å²) in [6.07, 6.45) is 1.01. The number of morpholine rings is 1. The monoisotopic (exact) mass is 228 g/mol. The van der Waals surface area contributed by atoms with Gasteiger partial charge < -0.3 is 15.4 Å². The molecule has 16 heavy (non-hydrogen) atoms. The molecule has 0 aromatic carbocycles. The van der Waals surface area contributed by atoms with Gasteiger partial charge >= 0.3 is 0 Å². The third-order valence-electron chi connectivity index (χ3n) is 3.45. The van der Waals surface area contributed by atoms with Crippen LogP contribution < -0.4 is 5.73 Å². The highest BCUT2D eigenvalue weighted by molar-refractivity contribution is 5.82. The van der Waals surface area contributed by atoms with Gasteiger partial charge in [-0.1, -0.05) is 6.92 Å². The Balaban J connectivity index is 2.73. The van der Waals surface area contributed by atoms with Gasteiger partial charge in [-0.3, -0.25) is 4.79 Å². The number of rotatable bonds is 3. The normalized spacial score (nSPS) is 29.9. The van der Waals surface area contributed by atoms with Crippen molar-refractivity contribution in [3.63, 3.8) is 0 Å². The topological polar surface area (TPSA) is 55.6 Å². The molecule has 0 radical (unpaired) electrons. The van der Waals surface area contributed by atoms with E-state index in [0.717, 1.165) is 6.42 Å². The Labute approximate surface area is 98.1 Å². The first-order valence-corrected chi connectivity index (χ1v) is 6.08. The molecule has 0 spiro atoms. The number of amides is 1. The van der Waals surface area contributed by atoms with Gasteiger partial charge in [0.2, 0.25) is 5.91 Å². The maximum Gasteiger partial charge on any atom is 0.229 e. The van der Waals surface area contributed by atoms with Crippen molar-refractivity contribution in [3.8, 4) is 0 Å². The van der Waals surface area contributed by atoms with E-state index in [2.05, 4.69) is 0 Å². The number of nitrogens with two attached hydrogens (primary N) is 1. The maximum atomic E-state index is 12.4. The van der Waals surface area contributed by atoms with Crippen molar-refractivity contribution in [2.24, 2.45) is 11.1 Å². The van der Waals surface area contributed by atoms with Gasteiger partial charge in [-0.2, -0.15) is 0 Å². The molecule has 1 aliphatic heterocycles. The van der Waals surface area contributed by atoms with Crippen LogP contribution in [0.5, 0.6) is 0 Å². The molecule has 4 heteroatoms. The molecular weight excluding hydrogens is 204 g/mol. The van der Waals surface area contributed by atoms with Crippen molar-refractivity contribution in [1.82, 2.24) is 4.90 Å². The highest BCUT2D eigenvalue weighted by atomic mass is 16.5. The van der Waals surface area contributed by atoms with E-state index in [0.29, 0.717) is 19.6 Å². The second-order valence-electron chi connectivity index (χ2n) is 5.09. The van der Waals surface area contributed by atoms with Crippen LogP contribution in [0.15, 0.2) is 0 Å². The molecule has 0 aliphatic carbocycles. The van der Waals surface area contributed by atoms with Gasteiger partial charge in [0.15, 0.2) is 0 Å². The highest BCUT2D eigenvalue weighted by Gasteiger charge is 2.36. The first-order valence-electron chi connectivity index (χ1n) is 6.08. The first kappa shape index (κ1) is 13.5. The zero-order valence-corrected chi connectivity index (χ0v) is 10.8. The van der Waals surface area contributed by atoms with E-state index in [9.17, 15) is 4.79 Å². The van der Waals surface area contributed by atoms with Crippen LogP contribution in [-0.4, -0.2) is 42.6 Å². The zero-order chi connectivity index (χ0) is 12.3. The van der Waals surface area contributed by atoms with Gasteiger partial charge in [-0.25, -0.2) is 0 Å². The SMILES string of the molecule is CCC(C)(CN)C(=O)N1CC(C)OC(C)C1. The average Bonchev–Trinajstić information content (AvgIpc) is 2.25. The lowest BCUT2D eigenvalue weighted by Gasteiger charge is -2.40. The van der Waals surface area contributed by atoms with E-state index in [1.54, 1.807) is 0 Å². The second-order valence-corrected chi connectivity index (χ2v) is 5.09. The van der Waals surface area contributed by atoms with Gasteiger partial charge in [0.25, 0.3) is 0 Å². The van der Waals surface area contributed by atoms with E-state index in [1.807, 2.05) is 32.6 Å². The van der Waals surface area contributed by atoms with Gasteiger partial charge in [-0.05, 0) is 27.2 Å². The molecule has 1 fully saturated rings. The summed E-state index contributed by atoms with van der Waals surface area (Å²) >= 11 is 0. The lowest BCUT2D eigenvalue weighted by atomic mass is 9.85. The summed E-state index contributed by atoms with van der Waals surface area (Å²) in [6.45, 7) is 9.72. The summed E-state index contributed by atoms with van der Waals surface area (Å²) in [6, 6.07) is 0. The molecule has 1 saturated heterocycles. The van der Waals surface area contributed by atoms with E-state index >= 15 is 0 Å². The Morgan fingerprint density at radius 1 is 1.44 bits per heavy atom. The average molecular weight is 228 g/mol. The predicted molar refractivity (Wildman–Crippen MR) is 64.0 cm³/mol. The molecule has 0 aromatic heterocycles. The summed E-state index contributed by atoms with van der Waals surface area (Å²) in [4.78, 5) is 14.3. The molecule has 0 aromatic rings. The molecule has 4 nitrogen and oxygen atoms in total. The molecule has 1 rings (SSSR count). The Hall–Kier alpha value is -0.610. The molecule has 0 bridgehead atoms. The molecule has 1 amide bonds. The quantitative estimate of drug-likeness (QED) is 0.784. The fourth-order valence-electron chi connectivity index (χ4n) is 2.11. The molecule has 0 saturated carbocycles. The van der Waals surface area contributed by atoms with Crippen molar-refractivity contribution in [3.05, 3.63) is 0 Å². The van der Waals surface area contributed by atoms with Crippen molar-refractivity contribution >= 4 is 5.91 Å². The van der Waals surface area contributed by atoms with Crippen LogP contribution in [0.25, 0.3) is 0 Å². The fourth-order valence-corrected chi connectivity index (χ4v) is 2.11. The van der Waals surface area contributed by atoms with Crippen LogP contribution in [0.3, 0.4) is 0 Å². The van der Waals surface area contributed by atoms with E-state index in [-0.39, 0.29) is 18.1 Å². The van der Waals surface area contributed by atoms with Crippen LogP contribution in [0.4, 0.5) is 0 Å². The Bertz CT molecular complexity index is 241. The largest absolute Gasteiger partial charge is 0.372 e.